The van der Waals surface area contributed by atoms with Gasteiger partial charge >= 0.3 is 5.97 Å². The van der Waals surface area contributed by atoms with Crippen molar-refractivity contribution in [3.63, 3.8) is 0 Å². The Kier molecular flexibility index (Phi) is 2.63. The van der Waals surface area contributed by atoms with E-state index in [1.165, 1.54) is 0 Å². The van der Waals surface area contributed by atoms with Crippen molar-refractivity contribution in [3.05, 3.63) is 36.7 Å². The molecule has 0 N–H and O–H groups in total. The minimum atomic E-state index is -0.347. The highest BCUT2D eigenvalue weighted by Crippen LogP contribution is 2.20. The van der Waals surface area contributed by atoms with Crippen LogP contribution < -0.4 is 0 Å². The van der Waals surface area contributed by atoms with Crippen LogP contribution >= 0.6 is 0 Å². The third-order valence-electron chi connectivity index (χ3n) is 2.94. The van der Waals surface area contributed by atoms with Crippen LogP contribution in [0.2, 0.25) is 0 Å². The van der Waals surface area contributed by atoms with Gasteiger partial charge in [0.1, 0.15) is 5.69 Å². The number of nitrogens with zero attached hydrogens (tertiary/aromatic N) is 3. The average Bonchev–Trinajstić information content (AvgIpc) is 3.06. The summed E-state index contributed by atoms with van der Waals surface area (Å²) in [7, 11) is 1.79. The number of aryl methyl sites for hydroxylation is 1. The maximum absolute atomic E-state index is 11.7. The summed E-state index contributed by atoms with van der Waals surface area (Å²) >= 11 is 0. The summed E-state index contributed by atoms with van der Waals surface area (Å²) in [4.78, 5) is 16.2. The number of imidazole rings is 2. The highest BCUT2D eigenvalue weighted by atomic mass is 16.5. The maximum atomic E-state index is 11.7. The van der Waals surface area contributed by atoms with E-state index < -0.39 is 0 Å². The summed E-state index contributed by atoms with van der Waals surface area (Å²) < 4.78 is 13.5. The number of ether oxygens (including phenoxy) is 1. The third kappa shape index (κ3) is 1.81. The average molecular weight is 259 g/mol. The van der Waals surface area contributed by atoms with Crippen LogP contribution in [0.3, 0.4) is 0 Å². The second kappa shape index (κ2) is 4.31. The molecule has 3 aromatic rings. The largest absolute Gasteiger partial charge is 0.472 e. The Hall–Kier alpha value is -2.50. The second-order valence-electron chi connectivity index (χ2n) is 4.14. The number of hydrogen-bond donors (Lipinski definition) is 0. The Balaban J connectivity index is 2.05. The number of hydrogen-bond acceptors (Lipinski definition) is 4. The van der Waals surface area contributed by atoms with Crippen LogP contribution in [0.1, 0.15) is 17.4 Å². The topological polar surface area (TPSA) is 61.7 Å². The fourth-order valence-corrected chi connectivity index (χ4v) is 2.00. The van der Waals surface area contributed by atoms with E-state index in [0.717, 1.165) is 11.3 Å². The molecule has 0 aliphatic carbocycles. The lowest BCUT2D eigenvalue weighted by Crippen LogP contribution is -2.09. The quantitative estimate of drug-likeness (QED) is 0.676. The van der Waals surface area contributed by atoms with Crippen LogP contribution in [-0.2, 0) is 11.8 Å². The van der Waals surface area contributed by atoms with Gasteiger partial charge in [0.25, 0.3) is 0 Å². The van der Waals surface area contributed by atoms with Crippen molar-refractivity contribution in [2.75, 3.05) is 6.61 Å². The zero-order valence-electron chi connectivity index (χ0n) is 10.7. The van der Waals surface area contributed by atoms with E-state index in [0.29, 0.717) is 18.1 Å². The van der Waals surface area contributed by atoms with Crippen LogP contribution in [0.15, 0.2) is 35.4 Å². The smallest absolute Gasteiger partial charge is 0.356 e. The predicted molar refractivity (Wildman–Crippen MR) is 67.8 cm³/mol. The van der Waals surface area contributed by atoms with Gasteiger partial charge in [-0.1, -0.05) is 0 Å². The first kappa shape index (κ1) is 11.6. The summed E-state index contributed by atoms with van der Waals surface area (Å²) in [5, 5.41) is 0. The lowest BCUT2D eigenvalue weighted by molar-refractivity contribution is 0.0515. The standard InChI is InChI=1S/C13H13N3O3/c1-3-19-12(17)11-7-16-6-10(9-4-5-18-8-9)14-13(16)15(11)2/h4-8H,3H2,1-2H3. The van der Waals surface area contributed by atoms with E-state index in [-0.39, 0.29) is 5.97 Å². The van der Waals surface area contributed by atoms with Gasteiger partial charge in [-0.2, -0.15) is 0 Å². The highest BCUT2D eigenvalue weighted by Gasteiger charge is 2.17. The zero-order chi connectivity index (χ0) is 13.4. The lowest BCUT2D eigenvalue weighted by Gasteiger charge is -2.01. The van der Waals surface area contributed by atoms with Crippen molar-refractivity contribution in [1.82, 2.24) is 14.0 Å². The van der Waals surface area contributed by atoms with E-state index in [2.05, 4.69) is 4.98 Å². The van der Waals surface area contributed by atoms with Gasteiger partial charge in [0, 0.05) is 25.0 Å². The summed E-state index contributed by atoms with van der Waals surface area (Å²) in [6.07, 6.45) is 6.80. The molecule has 0 aliphatic rings. The number of carbonyl (C=O) groups excluding carboxylic acids is 1. The number of aromatic nitrogens is 3. The van der Waals surface area contributed by atoms with Gasteiger partial charge in [0.2, 0.25) is 5.78 Å². The van der Waals surface area contributed by atoms with E-state index in [1.54, 1.807) is 41.7 Å². The number of carbonyl (C=O) groups is 1. The molecule has 0 bridgehead atoms. The molecular formula is C13H13N3O3. The first-order valence-electron chi connectivity index (χ1n) is 5.95. The predicted octanol–water partition coefficient (Wildman–Crippen LogP) is 2.11. The summed E-state index contributed by atoms with van der Waals surface area (Å²) in [5.74, 6) is 0.333. The molecule has 3 heterocycles. The number of furan rings is 1. The van der Waals surface area contributed by atoms with E-state index in [9.17, 15) is 4.79 Å². The highest BCUT2D eigenvalue weighted by molar-refractivity contribution is 5.88. The molecule has 0 saturated heterocycles. The molecule has 0 fully saturated rings. The molecule has 0 atom stereocenters. The minimum absolute atomic E-state index is 0.347. The molecule has 0 amide bonds. The van der Waals surface area contributed by atoms with Crippen molar-refractivity contribution in [1.29, 1.82) is 0 Å². The van der Waals surface area contributed by atoms with Gasteiger partial charge in [-0.15, -0.1) is 0 Å². The molecule has 6 heteroatoms. The van der Waals surface area contributed by atoms with Gasteiger partial charge < -0.3 is 13.7 Å². The molecule has 0 spiro atoms. The number of fused-ring (bicyclic) bond motifs is 1. The molecule has 0 aromatic carbocycles. The Morgan fingerprint density at radius 3 is 2.95 bits per heavy atom. The Bertz CT molecular complexity index is 722. The van der Waals surface area contributed by atoms with Crippen molar-refractivity contribution in [2.45, 2.75) is 6.92 Å². The lowest BCUT2D eigenvalue weighted by atomic mass is 10.3. The molecule has 19 heavy (non-hydrogen) atoms. The van der Waals surface area contributed by atoms with Crippen LogP contribution in [-0.4, -0.2) is 26.5 Å². The molecule has 6 nitrogen and oxygen atoms in total. The summed E-state index contributed by atoms with van der Waals surface area (Å²) in [5.41, 5.74) is 2.18. The van der Waals surface area contributed by atoms with Crippen LogP contribution in [0.4, 0.5) is 0 Å². The number of rotatable bonds is 3. The molecule has 0 unspecified atom stereocenters. The van der Waals surface area contributed by atoms with Gasteiger partial charge in [-0.05, 0) is 13.0 Å². The van der Waals surface area contributed by atoms with E-state index >= 15 is 0 Å². The van der Waals surface area contributed by atoms with Gasteiger partial charge in [0.05, 0.1) is 24.8 Å². The van der Waals surface area contributed by atoms with E-state index in [1.807, 2.05) is 12.3 Å². The molecule has 0 radical (unpaired) electrons. The molecular weight excluding hydrogens is 246 g/mol. The first-order valence-corrected chi connectivity index (χ1v) is 5.95. The van der Waals surface area contributed by atoms with Crippen LogP contribution in [0.5, 0.6) is 0 Å². The van der Waals surface area contributed by atoms with Gasteiger partial charge in [-0.25, -0.2) is 9.78 Å². The van der Waals surface area contributed by atoms with Gasteiger partial charge in [-0.3, -0.25) is 4.40 Å². The van der Waals surface area contributed by atoms with Crippen molar-refractivity contribution >= 4 is 11.7 Å². The molecule has 0 saturated carbocycles. The molecule has 98 valence electrons. The van der Waals surface area contributed by atoms with Crippen molar-refractivity contribution in [3.8, 4) is 11.3 Å². The Morgan fingerprint density at radius 2 is 2.32 bits per heavy atom. The van der Waals surface area contributed by atoms with Crippen molar-refractivity contribution < 1.29 is 13.9 Å². The Morgan fingerprint density at radius 1 is 1.47 bits per heavy atom. The van der Waals surface area contributed by atoms with E-state index in [4.69, 9.17) is 9.15 Å². The zero-order valence-corrected chi connectivity index (χ0v) is 10.7. The van der Waals surface area contributed by atoms with Gasteiger partial charge in [0.15, 0.2) is 0 Å². The first-order chi connectivity index (χ1) is 9.20. The molecule has 0 aliphatic heterocycles. The van der Waals surface area contributed by atoms with Crippen LogP contribution in [0.25, 0.3) is 17.0 Å². The third-order valence-corrected chi connectivity index (χ3v) is 2.94. The van der Waals surface area contributed by atoms with Crippen LogP contribution in [0, 0.1) is 0 Å². The molecule has 3 aromatic heterocycles. The monoisotopic (exact) mass is 259 g/mol. The fourth-order valence-electron chi connectivity index (χ4n) is 2.00. The summed E-state index contributed by atoms with van der Waals surface area (Å²) in [6, 6.07) is 1.84. The maximum Gasteiger partial charge on any atom is 0.356 e. The van der Waals surface area contributed by atoms with Crippen molar-refractivity contribution in [2.24, 2.45) is 7.05 Å². The SMILES string of the molecule is CCOC(=O)c1cn2cc(-c3ccoc3)nc2n1C. The Labute approximate surface area is 109 Å². The number of esters is 1. The summed E-state index contributed by atoms with van der Waals surface area (Å²) in [6.45, 7) is 2.13. The second-order valence-corrected chi connectivity index (χ2v) is 4.14. The minimum Gasteiger partial charge on any atom is -0.472 e. The normalized spacial score (nSPS) is 11.1. The fraction of sp³-hybridized carbons (Fsp3) is 0.231. The molecule has 3 rings (SSSR count).